The molecule has 1 aliphatic rings. The molecular weight excluding hydrogens is 382 g/mol. The summed E-state index contributed by atoms with van der Waals surface area (Å²) in [6, 6.07) is 25.4. The molecule has 2 N–H and O–H groups in total. The fourth-order valence-corrected chi connectivity index (χ4v) is 5.05. The maximum Gasteiger partial charge on any atom is 0.243 e. The summed E-state index contributed by atoms with van der Waals surface area (Å²) >= 11 is 0. The molecule has 0 radical (unpaired) electrons. The Bertz CT molecular complexity index is 1040. The first-order valence-corrected chi connectivity index (χ1v) is 11.2. The van der Waals surface area contributed by atoms with E-state index in [1.807, 2.05) is 6.07 Å². The zero-order valence-corrected chi connectivity index (χ0v) is 17.1. The summed E-state index contributed by atoms with van der Waals surface area (Å²) in [6.45, 7) is 2.29. The number of piperazine rings is 1. The van der Waals surface area contributed by atoms with Crippen LogP contribution in [0.25, 0.3) is 0 Å². The highest BCUT2D eigenvalue weighted by Crippen LogP contribution is 2.23. The van der Waals surface area contributed by atoms with Crippen LogP contribution in [0, 0.1) is 0 Å². The molecule has 3 aromatic rings. The van der Waals surface area contributed by atoms with Gasteiger partial charge in [-0.3, -0.25) is 0 Å². The van der Waals surface area contributed by atoms with E-state index < -0.39 is 10.0 Å². The fraction of sp³-hybridized carbons (Fsp3) is 0.217. The van der Waals surface area contributed by atoms with Gasteiger partial charge in [0.15, 0.2) is 0 Å². The predicted molar refractivity (Wildman–Crippen MR) is 118 cm³/mol. The van der Waals surface area contributed by atoms with Crippen LogP contribution in [-0.2, 0) is 16.4 Å². The minimum atomic E-state index is -3.47. The van der Waals surface area contributed by atoms with Crippen molar-refractivity contribution in [2.45, 2.75) is 11.3 Å². The summed E-state index contributed by atoms with van der Waals surface area (Å²) in [4.78, 5) is 2.53. The summed E-state index contributed by atoms with van der Waals surface area (Å²) in [7, 11) is -3.47. The average molecular weight is 408 g/mol. The lowest BCUT2D eigenvalue weighted by Gasteiger charge is -2.35. The monoisotopic (exact) mass is 407 g/mol. The lowest BCUT2D eigenvalue weighted by atomic mass is 10.0. The number of hydrogen-bond donors (Lipinski definition) is 1. The topological polar surface area (TPSA) is 66.6 Å². The second-order valence-corrected chi connectivity index (χ2v) is 9.23. The van der Waals surface area contributed by atoms with Gasteiger partial charge in [-0.2, -0.15) is 4.31 Å². The van der Waals surface area contributed by atoms with Gasteiger partial charge in [0.25, 0.3) is 0 Å². The van der Waals surface area contributed by atoms with Crippen LogP contribution in [0.15, 0.2) is 83.8 Å². The van der Waals surface area contributed by atoms with Crippen molar-refractivity contribution in [1.29, 1.82) is 0 Å². The van der Waals surface area contributed by atoms with Crippen molar-refractivity contribution in [3.63, 3.8) is 0 Å². The molecule has 3 aromatic carbocycles. The second-order valence-electron chi connectivity index (χ2n) is 7.29. The van der Waals surface area contributed by atoms with E-state index in [9.17, 15) is 8.42 Å². The lowest BCUT2D eigenvalue weighted by molar-refractivity contribution is 0.385. The van der Waals surface area contributed by atoms with Gasteiger partial charge in [-0.05, 0) is 53.9 Å². The molecule has 29 heavy (non-hydrogen) atoms. The molecule has 6 heteroatoms. The van der Waals surface area contributed by atoms with Gasteiger partial charge in [0, 0.05) is 37.6 Å². The predicted octanol–water partition coefficient (Wildman–Crippen LogP) is 3.37. The third kappa shape index (κ3) is 4.44. The van der Waals surface area contributed by atoms with Gasteiger partial charge in [0.2, 0.25) is 10.0 Å². The molecule has 0 spiro atoms. The van der Waals surface area contributed by atoms with Crippen LogP contribution in [0.2, 0.25) is 0 Å². The third-order valence-electron chi connectivity index (χ3n) is 5.31. The molecule has 5 nitrogen and oxygen atoms in total. The first-order chi connectivity index (χ1) is 14.0. The molecule has 1 saturated heterocycles. The van der Waals surface area contributed by atoms with Crippen LogP contribution in [0.4, 0.5) is 11.4 Å². The van der Waals surface area contributed by atoms with Gasteiger partial charge < -0.3 is 10.6 Å². The van der Waals surface area contributed by atoms with Gasteiger partial charge >= 0.3 is 0 Å². The summed E-state index contributed by atoms with van der Waals surface area (Å²) in [6.07, 6.45) is 0.911. The molecule has 1 fully saturated rings. The van der Waals surface area contributed by atoms with Crippen molar-refractivity contribution in [3.8, 4) is 0 Å². The molecule has 4 rings (SSSR count). The Morgan fingerprint density at radius 2 is 1.31 bits per heavy atom. The van der Waals surface area contributed by atoms with Gasteiger partial charge in [0.1, 0.15) is 0 Å². The van der Waals surface area contributed by atoms with Crippen molar-refractivity contribution in [1.82, 2.24) is 4.31 Å². The van der Waals surface area contributed by atoms with Crippen molar-refractivity contribution in [2.24, 2.45) is 0 Å². The Hall–Kier alpha value is -2.83. The largest absolute Gasteiger partial charge is 0.399 e. The molecular formula is C23H25N3O2S. The van der Waals surface area contributed by atoms with E-state index >= 15 is 0 Å². The van der Waals surface area contributed by atoms with Crippen molar-refractivity contribution in [2.75, 3.05) is 36.8 Å². The van der Waals surface area contributed by atoms with Crippen molar-refractivity contribution < 1.29 is 8.42 Å². The van der Waals surface area contributed by atoms with Crippen LogP contribution >= 0.6 is 0 Å². The SMILES string of the molecule is Nc1ccc(S(=O)(=O)N2CCN(c3ccc(Cc4ccccc4)cc3)CC2)cc1. The third-order valence-corrected chi connectivity index (χ3v) is 7.22. The molecule has 0 amide bonds. The smallest absolute Gasteiger partial charge is 0.243 e. The summed E-state index contributed by atoms with van der Waals surface area (Å²) in [5, 5.41) is 0. The summed E-state index contributed by atoms with van der Waals surface area (Å²) < 4.78 is 27.2. The molecule has 0 atom stereocenters. The van der Waals surface area contributed by atoms with Gasteiger partial charge in [-0.25, -0.2) is 8.42 Å². The zero-order valence-electron chi connectivity index (χ0n) is 16.2. The minimum absolute atomic E-state index is 0.297. The summed E-state index contributed by atoms with van der Waals surface area (Å²) in [5.74, 6) is 0. The summed E-state index contributed by atoms with van der Waals surface area (Å²) in [5.41, 5.74) is 9.92. The molecule has 0 bridgehead atoms. The van der Waals surface area contributed by atoms with E-state index in [0.717, 1.165) is 12.1 Å². The highest BCUT2D eigenvalue weighted by atomic mass is 32.2. The Balaban J connectivity index is 1.38. The van der Waals surface area contributed by atoms with Crippen molar-refractivity contribution in [3.05, 3.63) is 90.0 Å². The maximum absolute atomic E-state index is 12.8. The van der Waals surface area contributed by atoms with E-state index in [1.54, 1.807) is 28.6 Å². The standard InChI is InChI=1S/C23H25N3O2S/c24-21-8-12-23(13-9-21)29(27,28)26-16-14-25(15-17-26)22-10-6-20(7-11-22)18-19-4-2-1-3-5-19/h1-13H,14-18,24H2. The van der Waals surface area contributed by atoms with Gasteiger partial charge in [-0.1, -0.05) is 42.5 Å². The number of nitrogens with two attached hydrogens (primary N) is 1. The zero-order chi connectivity index (χ0) is 20.3. The van der Waals surface area contributed by atoms with Gasteiger partial charge in [-0.15, -0.1) is 0 Å². The van der Waals surface area contributed by atoms with Crippen LogP contribution in [0.3, 0.4) is 0 Å². The Morgan fingerprint density at radius 3 is 1.93 bits per heavy atom. The van der Waals surface area contributed by atoms with Crippen LogP contribution in [-0.4, -0.2) is 38.9 Å². The number of hydrogen-bond acceptors (Lipinski definition) is 4. The minimum Gasteiger partial charge on any atom is -0.399 e. The van der Waals surface area contributed by atoms with Gasteiger partial charge in [0.05, 0.1) is 4.90 Å². The van der Waals surface area contributed by atoms with Crippen molar-refractivity contribution >= 4 is 21.4 Å². The van der Waals surface area contributed by atoms with Crippen LogP contribution < -0.4 is 10.6 Å². The van der Waals surface area contributed by atoms with E-state index in [4.69, 9.17) is 5.73 Å². The van der Waals surface area contributed by atoms with E-state index in [2.05, 4.69) is 53.4 Å². The lowest BCUT2D eigenvalue weighted by Crippen LogP contribution is -2.48. The maximum atomic E-state index is 12.8. The molecule has 150 valence electrons. The molecule has 0 aromatic heterocycles. The first kappa shape index (κ1) is 19.5. The Morgan fingerprint density at radius 1 is 0.724 bits per heavy atom. The van der Waals surface area contributed by atoms with Crippen LogP contribution in [0.5, 0.6) is 0 Å². The number of rotatable bonds is 5. The number of anilines is 2. The number of benzene rings is 3. The number of nitrogens with zero attached hydrogens (tertiary/aromatic N) is 2. The molecule has 0 unspecified atom stereocenters. The number of sulfonamides is 1. The molecule has 1 heterocycles. The molecule has 1 aliphatic heterocycles. The second kappa shape index (κ2) is 8.27. The molecule has 0 aliphatic carbocycles. The normalized spacial score (nSPS) is 15.4. The fourth-order valence-electron chi connectivity index (χ4n) is 3.63. The number of nitrogen functional groups attached to an aromatic ring is 1. The van der Waals surface area contributed by atoms with E-state index in [0.29, 0.717) is 36.8 Å². The average Bonchev–Trinajstić information content (AvgIpc) is 2.75. The highest BCUT2D eigenvalue weighted by molar-refractivity contribution is 7.89. The van der Waals surface area contributed by atoms with E-state index in [1.165, 1.54) is 11.1 Å². The van der Waals surface area contributed by atoms with E-state index in [-0.39, 0.29) is 0 Å². The highest BCUT2D eigenvalue weighted by Gasteiger charge is 2.28. The Labute approximate surface area is 172 Å². The first-order valence-electron chi connectivity index (χ1n) is 9.76. The Kier molecular flexibility index (Phi) is 5.56. The van der Waals surface area contributed by atoms with Crippen LogP contribution in [0.1, 0.15) is 11.1 Å². The quantitative estimate of drug-likeness (QED) is 0.659. The molecule has 0 saturated carbocycles.